The quantitative estimate of drug-likeness (QED) is 0.881. The first-order chi connectivity index (χ1) is 9.10. The number of anilines is 1. The van der Waals surface area contributed by atoms with Gasteiger partial charge >= 0.3 is 0 Å². The number of H-pyrrole nitrogens is 1. The van der Waals surface area contributed by atoms with E-state index in [1.54, 1.807) is 14.0 Å². The van der Waals surface area contributed by atoms with E-state index in [0.29, 0.717) is 18.1 Å². The molecule has 0 saturated carbocycles. The highest BCUT2D eigenvalue weighted by Crippen LogP contribution is 2.12. The molecule has 5 nitrogen and oxygen atoms in total. The van der Waals surface area contributed by atoms with Crippen molar-refractivity contribution < 1.29 is 4.74 Å². The minimum Gasteiger partial charge on any atom is -0.497 e. The van der Waals surface area contributed by atoms with E-state index in [9.17, 15) is 4.79 Å². The fraction of sp³-hybridized carbons (Fsp3) is 0.286. The van der Waals surface area contributed by atoms with E-state index in [-0.39, 0.29) is 5.56 Å². The van der Waals surface area contributed by atoms with Crippen LogP contribution in [0.4, 0.5) is 5.95 Å². The molecule has 0 aliphatic heterocycles. The minimum atomic E-state index is -0.107. The number of methoxy groups -OCH3 is 1. The summed E-state index contributed by atoms with van der Waals surface area (Å²) in [6.45, 7) is 4.17. The number of aryl methyl sites for hydroxylation is 1. The molecule has 0 saturated heterocycles. The van der Waals surface area contributed by atoms with Crippen LogP contribution >= 0.6 is 0 Å². The molecule has 0 spiro atoms. The maximum Gasteiger partial charge on any atom is 0.255 e. The highest BCUT2D eigenvalue weighted by Gasteiger charge is 2.03. The highest BCUT2D eigenvalue weighted by atomic mass is 16.5. The second-order valence-corrected chi connectivity index (χ2v) is 4.33. The fourth-order valence-electron chi connectivity index (χ4n) is 1.66. The van der Waals surface area contributed by atoms with Crippen molar-refractivity contribution in [3.8, 4) is 5.75 Å². The van der Waals surface area contributed by atoms with Gasteiger partial charge in [-0.05, 0) is 31.5 Å². The molecule has 0 amide bonds. The molecular formula is C14H17N3O2. The van der Waals surface area contributed by atoms with Gasteiger partial charge in [0, 0.05) is 17.8 Å². The van der Waals surface area contributed by atoms with Crippen molar-refractivity contribution in [1.29, 1.82) is 0 Å². The fourth-order valence-corrected chi connectivity index (χ4v) is 1.66. The van der Waals surface area contributed by atoms with Crippen molar-refractivity contribution in [3.63, 3.8) is 0 Å². The lowest BCUT2D eigenvalue weighted by molar-refractivity contribution is 0.414. The Morgan fingerprint density at radius 2 is 1.95 bits per heavy atom. The number of aromatic nitrogens is 2. The summed E-state index contributed by atoms with van der Waals surface area (Å²) in [5.41, 5.74) is 2.36. The van der Waals surface area contributed by atoms with Crippen LogP contribution in [0.1, 0.15) is 16.8 Å². The van der Waals surface area contributed by atoms with E-state index in [1.807, 2.05) is 31.2 Å². The molecule has 100 valence electrons. The lowest BCUT2D eigenvalue weighted by Crippen LogP contribution is -2.16. The van der Waals surface area contributed by atoms with Gasteiger partial charge in [-0.2, -0.15) is 0 Å². The summed E-state index contributed by atoms with van der Waals surface area (Å²) in [5.74, 6) is 1.31. The van der Waals surface area contributed by atoms with Crippen LogP contribution in [-0.4, -0.2) is 17.1 Å². The predicted molar refractivity (Wildman–Crippen MR) is 74.7 cm³/mol. The molecule has 1 aromatic carbocycles. The molecule has 0 radical (unpaired) electrons. The van der Waals surface area contributed by atoms with Crippen molar-refractivity contribution in [1.82, 2.24) is 9.97 Å². The number of benzene rings is 1. The summed E-state index contributed by atoms with van der Waals surface area (Å²) in [4.78, 5) is 18.6. The zero-order valence-electron chi connectivity index (χ0n) is 11.3. The zero-order valence-corrected chi connectivity index (χ0v) is 11.3. The Balaban J connectivity index is 2.07. The van der Waals surface area contributed by atoms with Crippen LogP contribution in [0.15, 0.2) is 29.1 Å². The molecule has 0 unspecified atom stereocenters. The van der Waals surface area contributed by atoms with Gasteiger partial charge in [0.25, 0.3) is 5.56 Å². The monoisotopic (exact) mass is 259 g/mol. The molecule has 0 atom stereocenters. The maximum atomic E-state index is 11.6. The number of nitrogens with one attached hydrogen (secondary N) is 2. The van der Waals surface area contributed by atoms with Crippen LogP contribution in [0.2, 0.25) is 0 Å². The lowest BCUT2D eigenvalue weighted by Gasteiger charge is -2.08. The second-order valence-electron chi connectivity index (χ2n) is 4.33. The summed E-state index contributed by atoms with van der Waals surface area (Å²) in [6, 6.07) is 7.72. The van der Waals surface area contributed by atoms with Crippen LogP contribution in [-0.2, 0) is 6.54 Å². The zero-order chi connectivity index (χ0) is 13.8. The molecule has 0 bridgehead atoms. The molecule has 1 heterocycles. The lowest BCUT2D eigenvalue weighted by atomic mass is 10.2. The number of aromatic amines is 1. The molecule has 0 aliphatic rings. The first-order valence-electron chi connectivity index (χ1n) is 6.04. The van der Waals surface area contributed by atoms with Crippen LogP contribution in [0.25, 0.3) is 0 Å². The van der Waals surface area contributed by atoms with Crippen molar-refractivity contribution in [3.05, 3.63) is 51.4 Å². The molecule has 1 aromatic heterocycles. The van der Waals surface area contributed by atoms with Crippen LogP contribution < -0.4 is 15.6 Å². The predicted octanol–water partition coefficient (Wildman–Crippen LogP) is 2.01. The maximum absolute atomic E-state index is 11.6. The number of nitrogens with zero attached hydrogens (tertiary/aromatic N) is 1. The van der Waals surface area contributed by atoms with Crippen LogP contribution in [0.3, 0.4) is 0 Å². The van der Waals surface area contributed by atoms with Gasteiger partial charge in [0.05, 0.1) is 7.11 Å². The van der Waals surface area contributed by atoms with Gasteiger partial charge in [0.2, 0.25) is 5.95 Å². The van der Waals surface area contributed by atoms with Gasteiger partial charge in [-0.15, -0.1) is 0 Å². The normalized spacial score (nSPS) is 10.3. The van der Waals surface area contributed by atoms with Gasteiger partial charge in [-0.1, -0.05) is 12.1 Å². The molecule has 5 heteroatoms. The summed E-state index contributed by atoms with van der Waals surface area (Å²) >= 11 is 0. The number of ether oxygens (including phenoxy) is 1. The average molecular weight is 259 g/mol. The van der Waals surface area contributed by atoms with E-state index in [4.69, 9.17) is 4.74 Å². The topological polar surface area (TPSA) is 67.0 Å². The summed E-state index contributed by atoms with van der Waals surface area (Å²) < 4.78 is 5.10. The molecule has 2 aromatic rings. The van der Waals surface area contributed by atoms with Crippen molar-refractivity contribution in [2.75, 3.05) is 12.4 Å². The number of hydrogen-bond acceptors (Lipinski definition) is 4. The van der Waals surface area contributed by atoms with Gasteiger partial charge in [-0.25, -0.2) is 4.98 Å². The third kappa shape index (κ3) is 3.13. The van der Waals surface area contributed by atoms with E-state index in [1.165, 1.54) is 0 Å². The Morgan fingerprint density at radius 1 is 1.26 bits per heavy atom. The summed E-state index contributed by atoms with van der Waals surface area (Å²) in [5, 5.41) is 3.10. The molecule has 2 rings (SSSR count). The van der Waals surface area contributed by atoms with Gasteiger partial charge < -0.3 is 10.1 Å². The average Bonchev–Trinajstić information content (AvgIpc) is 2.43. The van der Waals surface area contributed by atoms with Crippen LogP contribution in [0.5, 0.6) is 5.75 Å². The van der Waals surface area contributed by atoms with Gasteiger partial charge in [0.15, 0.2) is 0 Å². The van der Waals surface area contributed by atoms with E-state index >= 15 is 0 Å². The van der Waals surface area contributed by atoms with Crippen molar-refractivity contribution in [2.45, 2.75) is 20.4 Å². The standard InChI is InChI=1S/C14H17N3O2/c1-9-10(2)16-14(17-13(9)18)15-8-11-4-6-12(19-3)7-5-11/h4-7H,8H2,1-3H3,(H2,15,16,17,18). The Morgan fingerprint density at radius 3 is 2.53 bits per heavy atom. The number of hydrogen-bond donors (Lipinski definition) is 2. The Labute approximate surface area is 111 Å². The number of rotatable bonds is 4. The van der Waals surface area contributed by atoms with Crippen LogP contribution in [0, 0.1) is 13.8 Å². The molecule has 0 fully saturated rings. The summed E-state index contributed by atoms with van der Waals surface area (Å²) in [7, 11) is 1.64. The van der Waals surface area contributed by atoms with Gasteiger partial charge in [0.1, 0.15) is 5.75 Å². The SMILES string of the molecule is COc1ccc(CNc2nc(C)c(C)c(=O)[nH]2)cc1. The second kappa shape index (κ2) is 5.56. The molecular weight excluding hydrogens is 242 g/mol. The molecule has 2 N–H and O–H groups in total. The van der Waals surface area contributed by atoms with E-state index in [2.05, 4.69) is 15.3 Å². The van der Waals surface area contributed by atoms with Crippen molar-refractivity contribution in [2.24, 2.45) is 0 Å². The smallest absolute Gasteiger partial charge is 0.255 e. The highest BCUT2D eigenvalue weighted by molar-refractivity contribution is 5.32. The van der Waals surface area contributed by atoms with Gasteiger partial charge in [-0.3, -0.25) is 9.78 Å². The van der Waals surface area contributed by atoms with E-state index < -0.39 is 0 Å². The third-order valence-corrected chi connectivity index (χ3v) is 3.01. The Kier molecular flexibility index (Phi) is 3.85. The third-order valence-electron chi connectivity index (χ3n) is 3.01. The molecule has 19 heavy (non-hydrogen) atoms. The molecule has 0 aliphatic carbocycles. The first-order valence-corrected chi connectivity index (χ1v) is 6.04. The van der Waals surface area contributed by atoms with Crippen molar-refractivity contribution >= 4 is 5.95 Å². The largest absolute Gasteiger partial charge is 0.497 e. The first kappa shape index (κ1) is 13.1. The van der Waals surface area contributed by atoms with E-state index in [0.717, 1.165) is 17.0 Å². The summed E-state index contributed by atoms with van der Waals surface area (Å²) in [6.07, 6.45) is 0. The Hall–Kier alpha value is -2.30. The Bertz CT molecular complexity index is 618. The minimum absolute atomic E-state index is 0.107.